The number of hydrogen-bond donors (Lipinski definition) is 1. The van der Waals surface area contributed by atoms with E-state index in [-0.39, 0.29) is 60.6 Å². The molecule has 158 valence electrons. The van der Waals surface area contributed by atoms with Gasteiger partial charge in [0.2, 0.25) is 17.7 Å². The van der Waals surface area contributed by atoms with Gasteiger partial charge in [-0.3, -0.25) is 19.3 Å². The number of hydrogen-bond acceptors (Lipinski definition) is 5. The SMILES string of the molecule is COc1cc(CNC(=O)CCN2C(=O)C3CCCCC3C2=O)ccc1OC(F)F. The van der Waals surface area contributed by atoms with Gasteiger partial charge in [0.05, 0.1) is 18.9 Å². The van der Waals surface area contributed by atoms with E-state index in [1.165, 1.54) is 24.1 Å². The molecule has 1 N–H and O–H groups in total. The molecule has 3 rings (SSSR count). The molecule has 2 unspecified atom stereocenters. The van der Waals surface area contributed by atoms with Crippen molar-refractivity contribution in [2.45, 2.75) is 45.3 Å². The van der Waals surface area contributed by atoms with Gasteiger partial charge in [-0.2, -0.15) is 8.78 Å². The number of methoxy groups -OCH3 is 1. The van der Waals surface area contributed by atoms with Gasteiger partial charge in [-0.25, -0.2) is 0 Å². The molecule has 1 aromatic rings. The van der Waals surface area contributed by atoms with Crippen LogP contribution < -0.4 is 14.8 Å². The van der Waals surface area contributed by atoms with Crippen LogP contribution in [0.1, 0.15) is 37.7 Å². The molecule has 2 fully saturated rings. The number of benzene rings is 1. The molecule has 0 spiro atoms. The van der Waals surface area contributed by atoms with E-state index in [0.717, 1.165) is 25.7 Å². The largest absolute Gasteiger partial charge is 0.493 e. The maximum absolute atomic E-state index is 12.4. The quantitative estimate of drug-likeness (QED) is 0.666. The van der Waals surface area contributed by atoms with Crippen LogP contribution in [0.3, 0.4) is 0 Å². The summed E-state index contributed by atoms with van der Waals surface area (Å²) in [5, 5.41) is 2.69. The van der Waals surface area contributed by atoms with E-state index in [2.05, 4.69) is 10.1 Å². The monoisotopic (exact) mass is 410 g/mol. The predicted octanol–water partition coefficient (Wildman–Crippen LogP) is 2.48. The fourth-order valence-electron chi connectivity index (χ4n) is 3.97. The van der Waals surface area contributed by atoms with E-state index < -0.39 is 6.61 Å². The number of likely N-dealkylation sites (tertiary alicyclic amines) is 1. The highest BCUT2D eigenvalue weighted by atomic mass is 19.3. The highest BCUT2D eigenvalue weighted by Crippen LogP contribution is 2.38. The first-order chi connectivity index (χ1) is 13.9. The van der Waals surface area contributed by atoms with Gasteiger partial charge in [0.25, 0.3) is 0 Å². The van der Waals surface area contributed by atoms with Gasteiger partial charge >= 0.3 is 6.61 Å². The Morgan fingerprint density at radius 3 is 2.41 bits per heavy atom. The van der Waals surface area contributed by atoms with Crippen molar-refractivity contribution in [3.05, 3.63) is 23.8 Å². The van der Waals surface area contributed by atoms with E-state index in [1.54, 1.807) is 6.07 Å². The van der Waals surface area contributed by atoms with Gasteiger partial charge in [0.15, 0.2) is 11.5 Å². The van der Waals surface area contributed by atoms with Crippen LogP contribution in [0.4, 0.5) is 8.78 Å². The summed E-state index contributed by atoms with van der Waals surface area (Å²) < 4.78 is 34.1. The lowest BCUT2D eigenvalue weighted by molar-refractivity contribution is -0.140. The van der Waals surface area contributed by atoms with Crippen molar-refractivity contribution in [2.75, 3.05) is 13.7 Å². The molecule has 1 aromatic carbocycles. The smallest absolute Gasteiger partial charge is 0.387 e. The minimum atomic E-state index is -2.96. The second kappa shape index (κ2) is 9.19. The minimum Gasteiger partial charge on any atom is -0.493 e. The van der Waals surface area contributed by atoms with Crippen molar-refractivity contribution >= 4 is 17.7 Å². The Kier molecular flexibility index (Phi) is 6.66. The van der Waals surface area contributed by atoms with Gasteiger partial charge in [0, 0.05) is 19.5 Å². The van der Waals surface area contributed by atoms with Gasteiger partial charge in [-0.15, -0.1) is 0 Å². The molecule has 2 aliphatic rings. The van der Waals surface area contributed by atoms with Crippen molar-refractivity contribution < 1.29 is 32.6 Å². The molecule has 3 amide bonds. The van der Waals surface area contributed by atoms with Crippen molar-refractivity contribution in [2.24, 2.45) is 11.8 Å². The highest BCUT2D eigenvalue weighted by Gasteiger charge is 2.47. The van der Waals surface area contributed by atoms with Crippen molar-refractivity contribution in [3.63, 3.8) is 0 Å². The number of rotatable bonds is 8. The molecule has 2 atom stereocenters. The molecule has 1 aliphatic heterocycles. The van der Waals surface area contributed by atoms with Crippen LogP contribution in [0.25, 0.3) is 0 Å². The summed E-state index contributed by atoms with van der Waals surface area (Å²) in [6.07, 6.45) is 3.41. The summed E-state index contributed by atoms with van der Waals surface area (Å²) in [6.45, 7) is -2.74. The average molecular weight is 410 g/mol. The molecular weight excluding hydrogens is 386 g/mol. The molecule has 1 heterocycles. The van der Waals surface area contributed by atoms with Gasteiger partial charge in [-0.05, 0) is 30.5 Å². The fourth-order valence-corrected chi connectivity index (χ4v) is 3.97. The second-order valence-corrected chi connectivity index (χ2v) is 7.22. The minimum absolute atomic E-state index is 0.0145. The number of imide groups is 1. The van der Waals surface area contributed by atoms with Crippen LogP contribution in [0.2, 0.25) is 0 Å². The summed E-state index contributed by atoms with van der Waals surface area (Å²) in [5.41, 5.74) is 0.635. The summed E-state index contributed by atoms with van der Waals surface area (Å²) in [5.74, 6) is -1.04. The number of alkyl halides is 2. The first-order valence-corrected chi connectivity index (χ1v) is 9.64. The van der Waals surface area contributed by atoms with Crippen LogP contribution in [0, 0.1) is 11.8 Å². The summed E-state index contributed by atoms with van der Waals surface area (Å²) in [4.78, 5) is 38.2. The van der Waals surface area contributed by atoms with Crippen molar-refractivity contribution in [3.8, 4) is 11.5 Å². The van der Waals surface area contributed by atoms with E-state index in [4.69, 9.17) is 4.74 Å². The number of amides is 3. The van der Waals surface area contributed by atoms with E-state index in [1.807, 2.05) is 0 Å². The zero-order valence-electron chi connectivity index (χ0n) is 16.2. The average Bonchev–Trinajstić information content (AvgIpc) is 2.95. The second-order valence-electron chi connectivity index (χ2n) is 7.22. The van der Waals surface area contributed by atoms with E-state index in [9.17, 15) is 23.2 Å². The van der Waals surface area contributed by atoms with Gasteiger partial charge in [0.1, 0.15) is 0 Å². The summed E-state index contributed by atoms with van der Waals surface area (Å²) in [7, 11) is 1.33. The van der Waals surface area contributed by atoms with E-state index >= 15 is 0 Å². The van der Waals surface area contributed by atoms with Gasteiger partial charge < -0.3 is 14.8 Å². The highest BCUT2D eigenvalue weighted by molar-refractivity contribution is 6.05. The summed E-state index contributed by atoms with van der Waals surface area (Å²) >= 11 is 0. The molecule has 29 heavy (non-hydrogen) atoms. The fraction of sp³-hybridized carbons (Fsp3) is 0.550. The van der Waals surface area contributed by atoms with Crippen LogP contribution in [-0.4, -0.2) is 42.9 Å². The predicted molar refractivity (Wildman–Crippen MR) is 98.3 cm³/mol. The molecule has 1 aliphatic carbocycles. The van der Waals surface area contributed by atoms with Crippen LogP contribution in [-0.2, 0) is 20.9 Å². The van der Waals surface area contributed by atoms with Gasteiger partial charge in [-0.1, -0.05) is 18.9 Å². The normalized spacial score (nSPS) is 21.3. The first kappa shape index (κ1) is 21.0. The number of carbonyl (C=O) groups excluding carboxylic acids is 3. The van der Waals surface area contributed by atoms with Crippen molar-refractivity contribution in [1.82, 2.24) is 10.2 Å². The van der Waals surface area contributed by atoms with Crippen LogP contribution >= 0.6 is 0 Å². The number of nitrogens with zero attached hydrogens (tertiary/aromatic N) is 1. The number of ether oxygens (including phenoxy) is 2. The molecule has 9 heteroatoms. The Labute approximate surface area is 167 Å². The number of fused-ring (bicyclic) bond motifs is 1. The summed E-state index contributed by atoms with van der Waals surface area (Å²) in [6, 6.07) is 4.38. The molecule has 0 radical (unpaired) electrons. The Bertz CT molecular complexity index is 762. The lowest BCUT2D eigenvalue weighted by Gasteiger charge is -2.19. The number of carbonyl (C=O) groups is 3. The molecule has 1 saturated heterocycles. The zero-order chi connectivity index (χ0) is 21.0. The molecule has 0 aromatic heterocycles. The molecule has 7 nitrogen and oxygen atoms in total. The Morgan fingerprint density at radius 1 is 1.17 bits per heavy atom. The maximum Gasteiger partial charge on any atom is 0.387 e. The third-order valence-electron chi connectivity index (χ3n) is 5.43. The van der Waals surface area contributed by atoms with Crippen LogP contribution in [0.5, 0.6) is 11.5 Å². The third-order valence-corrected chi connectivity index (χ3v) is 5.43. The Morgan fingerprint density at radius 2 is 1.83 bits per heavy atom. The topological polar surface area (TPSA) is 84.9 Å². The van der Waals surface area contributed by atoms with Crippen molar-refractivity contribution in [1.29, 1.82) is 0 Å². The number of nitrogens with one attached hydrogen (secondary N) is 1. The lowest BCUT2D eigenvalue weighted by Crippen LogP contribution is -2.35. The number of halogens is 2. The zero-order valence-corrected chi connectivity index (χ0v) is 16.2. The molecular formula is C20H24F2N2O5. The first-order valence-electron chi connectivity index (χ1n) is 9.64. The Balaban J connectivity index is 1.50. The maximum atomic E-state index is 12.4. The third kappa shape index (κ3) is 4.83. The molecule has 0 bridgehead atoms. The molecule has 1 saturated carbocycles. The van der Waals surface area contributed by atoms with Crippen LogP contribution in [0.15, 0.2) is 18.2 Å². The standard InChI is InChI=1S/C20H24F2N2O5/c1-28-16-10-12(6-7-15(16)29-20(21)22)11-23-17(25)8-9-24-18(26)13-4-2-3-5-14(13)19(24)27/h6-7,10,13-14,20H,2-5,8-9,11H2,1H3,(H,23,25). The Hall–Kier alpha value is -2.71. The lowest BCUT2D eigenvalue weighted by atomic mass is 9.81. The van der Waals surface area contributed by atoms with E-state index in [0.29, 0.717) is 5.56 Å².